The third-order valence-electron chi connectivity index (χ3n) is 3.73. The average molecular weight is 386 g/mol. The number of halogens is 4. The second kappa shape index (κ2) is 6.62. The van der Waals surface area contributed by atoms with E-state index in [-0.39, 0.29) is 23.1 Å². The van der Waals surface area contributed by atoms with E-state index in [1.165, 1.54) is 37.3 Å². The van der Waals surface area contributed by atoms with Gasteiger partial charge in [-0.05, 0) is 49.4 Å². The van der Waals surface area contributed by atoms with Crippen molar-refractivity contribution in [2.75, 3.05) is 0 Å². The highest BCUT2D eigenvalue weighted by Crippen LogP contribution is 2.38. The average Bonchev–Trinajstić information content (AvgIpc) is 3.18. The van der Waals surface area contributed by atoms with Gasteiger partial charge >= 0.3 is 12.1 Å². The van der Waals surface area contributed by atoms with Gasteiger partial charge in [0.15, 0.2) is 5.76 Å². The minimum Gasteiger partial charge on any atom is -0.486 e. The van der Waals surface area contributed by atoms with Crippen molar-refractivity contribution in [1.29, 1.82) is 0 Å². The maximum Gasteiger partial charge on any atom is 0.442 e. The fourth-order valence-electron chi connectivity index (χ4n) is 2.44. The first kappa shape index (κ1) is 18.8. The van der Waals surface area contributed by atoms with Crippen molar-refractivity contribution in [1.82, 2.24) is 10.4 Å². The summed E-state index contributed by atoms with van der Waals surface area (Å²) in [6, 6.07) is 7.67. The van der Waals surface area contributed by atoms with Crippen molar-refractivity contribution in [2.24, 2.45) is 0 Å². The number of ether oxygens (including phenoxy) is 1. The number of nitrogens with one attached hydrogen (secondary N) is 1. The summed E-state index contributed by atoms with van der Waals surface area (Å²) in [5.74, 6) is -1.58. The number of carbonyl (C=O) groups is 1. The van der Waals surface area contributed by atoms with E-state index in [1.54, 1.807) is 0 Å². The van der Waals surface area contributed by atoms with Crippen LogP contribution >= 0.6 is 0 Å². The Balaban J connectivity index is 1.72. The second-order valence-corrected chi connectivity index (χ2v) is 5.81. The van der Waals surface area contributed by atoms with Gasteiger partial charge < -0.3 is 14.3 Å². The van der Waals surface area contributed by atoms with E-state index in [9.17, 15) is 27.5 Å². The van der Waals surface area contributed by atoms with E-state index in [4.69, 9.17) is 9.15 Å². The monoisotopic (exact) mass is 386 g/mol. The SMILES string of the molecule is CC1=CC(O)(C(F)(F)F)N(C(=O)c2ccc(COc3ccc(F)cc3)o2)N1. The van der Waals surface area contributed by atoms with Gasteiger partial charge in [0, 0.05) is 5.70 Å². The molecule has 0 radical (unpaired) electrons. The Bertz CT molecular complexity index is 876. The van der Waals surface area contributed by atoms with Crippen LogP contribution in [0.2, 0.25) is 0 Å². The lowest BCUT2D eigenvalue weighted by atomic mass is 10.2. The topological polar surface area (TPSA) is 74.9 Å². The molecule has 0 bridgehead atoms. The van der Waals surface area contributed by atoms with Crippen LogP contribution in [-0.2, 0) is 6.61 Å². The molecule has 6 nitrogen and oxygen atoms in total. The number of alkyl halides is 3. The number of furan rings is 1. The molecule has 0 fully saturated rings. The van der Waals surface area contributed by atoms with Crippen LogP contribution in [0.1, 0.15) is 23.2 Å². The first-order chi connectivity index (χ1) is 12.6. The summed E-state index contributed by atoms with van der Waals surface area (Å²) in [6.45, 7) is 1.14. The molecule has 1 aliphatic heterocycles. The first-order valence-corrected chi connectivity index (χ1v) is 7.67. The van der Waals surface area contributed by atoms with Gasteiger partial charge in [0.25, 0.3) is 5.72 Å². The van der Waals surface area contributed by atoms with E-state index < -0.39 is 29.4 Å². The Morgan fingerprint density at radius 3 is 2.56 bits per heavy atom. The molecule has 0 saturated heterocycles. The molecule has 2 heterocycles. The normalized spacial score (nSPS) is 19.6. The van der Waals surface area contributed by atoms with Crippen molar-refractivity contribution < 1.29 is 36.6 Å². The molecule has 0 spiro atoms. The van der Waals surface area contributed by atoms with Crippen LogP contribution < -0.4 is 10.2 Å². The molecular formula is C17H14F4N2O4. The molecule has 1 aromatic carbocycles. The number of amides is 1. The number of hydrogen-bond acceptors (Lipinski definition) is 5. The summed E-state index contributed by atoms with van der Waals surface area (Å²) >= 11 is 0. The van der Waals surface area contributed by atoms with Crippen LogP contribution in [0, 0.1) is 5.82 Å². The number of rotatable bonds is 4. The van der Waals surface area contributed by atoms with Crippen LogP contribution in [0.3, 0.4) is 0 Å². The van der Waals surface area contributed by atoms with E-state index in [0.717, 1.165) is 6.07 Å². The molecule has 0 saturated carbocycles. The number of carbonyl (C=O) groups excluding carboxylic acids is 1. The van der Waals surface area contributed by atoms with Gasteiger partial charge in [-0.25, -0.2) is 9.40 Å². The zero-order valence-corrected chi connectivity index (χ0v) is 13.9. The Kier molecular flexibility index (Phi) is 4.60. The van der Waals surface area contributed by atoms with Gasteiger partial charge in [0.1, 0.15) is 23.9 Å². The lowest BCUT2D eigenvalue weighted by Gasteiger charge is -2.33. The van der Waals surface area contributed by atoms with Crippen molar-refractivity contribution in [3.63, 3.8) is 0 Å². The minimum atomic E-state index is -5.12. The maximum atomic E-state index is 13.2. The van der Waals surface area contributed by atoms with Gasteiger partial charge in [-0.3, -0.25) is 10.2 Å². The Labute approximate surface area is 150 Å². The molecule has 27 heavy (non-hydrogen) atoms. The van der Waals surface area contributed by atoms with E-state index in [0.29, 0.717) is 11.8 Å². The van der Waals surface area contributed by atoms with E-state index in [2.05, 4.69) is 5.43 Å². The quantitative estimate of drug-likeness (QED) is 0.790. The zero-order valence-electron chi connectivity index (χ0n) is 13.9. The molecule has 144 valence electrons. The molecule has 1 amide bonds. The van der Waals surface area contributed by atoms with Gasteiger partial charge in [-0.15, -0.1) is 0 Å². The first-order valence-electron chi connectivity index (χ1n) is 7.67. The Morgan fingerprint density at radius 1 is 1.26 bits per heavy atom. The number of hydrazine groups is 1. The largest absolute Gasteiger partial charge is 0.486 e. The van der Waals surface area contributed by atoms with Gasteiger partial charge in [-0.1, -0.05) is 0 Å². The number of allylic oxidation sites excluding steroid dienone is 1. The van der Waals surface area contributed by atoms with E-state index >= 15 is 0 Å². The number of nitrogens with zero attached hydrogens (tertiary/aromatic N) is 1. The van der Waals surface area contributed by atoms with Crippen molar-refractivity contribution in [3.05, 3.63) is 65.5 Å². The van der Waals surface area contributed by atoms with Gasteiger partial charge in [0.2, 0.25) is 0 Å². The molecule has 2 aromatic rings. The third-order valence-corrected chi connectivity index (χ3v) is 3.73. The lowest BCUT2D eigenvalue weighted by molar-refractivity contribution is -0.283. The number of hydrogen-bond donors (Lipinski definition) is 2. The van der Waals surface area contributed by atoms with Crippen LogP contribution in [0.25, 0.3) is 0 Å². The molecular weight excluding hydrogens is 372 g/mol. The zero-order chi connectivity index (χ0) is 19.8. The van der Waals surface area contributed by atoms with Crippen molar-refractivity contribution in [2.45, 2.75) is 25.4 Å². The highest BCUT2D eigenvalue weighted by molar-refractivity contribution is 5.92. The molecule has 0 aliphatic carbocycles. The predicted molar refractivity (Wildman–Crippen MR) is 83.5 cm³/mol. The van der Waals surface area contributed by atoms with Gasteiger partial charge in [-0.2, -0.15) is 13.2 Å². The van der Waals surface area contributed by atoms with Crippen molar-refractivity contribution >= 4 is 5.91 Å². The summed E-state index contributed by atoms with van der Waals surface area (Å²) < 4.78 is 62.9. The van der Waals surface area contributed by atoms with E-state index in [1.807, 2.05) is 0 Å². The summed E-state index contributed by atoms with van der Waals surface area (Å²) in [7, 11) is 0. The summed E-state index contributed by atoms with van der Waals surface area (Å²) in [5, 5.41) is 9.96. The molecule has 10 heteroatoms. The maximum absolute atomic E-state index is 13.2. The highest BCUT2D eigenvalue weighted by atomic mass is 19.4. The molecule has 1 unspecified atom stereocenters. The molecule has 1 aromatic heterocycles. The van der Waals surface area contributed by atoms with Gasteiger partial charge in [0.05, 0.1) is 0 Å². The fourth-order valence-corrected chi connectivity index (χ4v) is 2.44. The van der Waals surface area contributed by atoms with Crippen LogP contribution in [-0.4, -0.2) is 27.9 Å². The summed E-state index contributed by atoms with van der Waals surface area (Å²) in [4.78, 5) is 12.4. The fraction of sp³-hybridized carbons (Fsp3) is 0.235. The predicted octanol–water partition coefficient (Wildman–Crippen LogP) is 3.11. The van der Waals surface area contributed by atoms with Crippen LogP contribution in [0.5, 0.6) is 5.75 Å². The number of benzene rings is 1. The van der Waals surface area contributed by atoms with Crippen molar-refractivity contribution in [3.8, 4) is 5.75 Å². The molecule has 3 rings (SSSR count). The standard InChI is InChI=1S/C17H14F4N2O4/c1-10-8-16(25,17(19,20)21)23(22-10)15(24)14-7-6-13(27-14)9-26-12-4-2-11(18)3-5-12/h2-8,22,25H,9H2,1H3. The lowest BCUT2D eigenvalue weighted by Crippen LogP contribution is -2.60. The van der Waals surface area contributed by atoms with Crippen LogP contribution in [0.4, 0.5) is 17.6 Å². The molecule has 1 atom stereocenters. The third kappa shape index (κ3) is 3.61. The summed E-state index contributed by atoms with van der Waals surface area (Å²) in [6.07, 6.45) is -4.62. The highest BCUT2D eigenvalue weighted by Gasteiger charge is 2.61. The van der Waals surface area contributed by atoms with Crippen LogP contribution in [0.15, 0.2) is 52.6 Å². The Hall–Kier alpha value is -3.01. The molecule has 2 N–H and O–H groups in total. The number of aliphatic hydroxyl groups is 1. The second-order valence-electron chi connectivity index (χ2n) is 5.81. The minimum absolute atomic E-state index is 0.0467. The molecule has 1 aliphatic rings. The Morgan fingerprint density at radius 2 is 1.93 bits per heavy atom. The summed E-state index contributed by atoms with van der Waals surface area (Å²) in [5.41, 5.74) is -1.37. The smallest absolute Gasteiger partial charge is 0.442 e.